The highest BCUT2D eigenvalue weighted by atomic mass is 16.2. The van der Waals surface area contributed by atoms with Crippen LogP contribution in [0.1, 0.15) is 31.4 Å². The molecule has 0 unspecified atom stereocenters. The maximum absolute atomic E-state index is 12.5. The molecular weight excluding hydrogens is 312 g/mol. The van der Waals surface area contributed by atoms with Gasteiger partial charge in [0.05, 0.1) is 5.92 Å². The van der Waals surface area contributed by atoms with Gasteiger partial charge in [-0.3, -0.25) is 9.59 Å². The SMILES string of the molecule is CCc1ccc(N2C[C@@H](C(=O)Nc3cccc(CC)c3)CC2=O)cc1. The van der Waals surface area contributed by atoms with E-state index in [9.17, 15) is 9.59 Å². The van der Waals surface area contributed by atoms with E-state index in [-0.39, 0.29) is 24.2 Å². The van der Waals surface area contributed by atoms with Crippen molar-refractivity contribution in [3.8, 4) is 0 Å². The van der Waals surface area contributed by atoms with Crippen molar-refractivity contribution in [3.05, 3.63) is 59.7 Å². The number of hydrogen-bond acceptors (Lipinski definition) is 2. The normalized spacial score (nSPS) is 17.0. The average Bonchev–Trinajstić information content (AvgIpc) is 3.04. The van der Waals surface area contributed by atoms with E-state index >= 15 is 0 Å². The Morgan fingerprint density at radius 2 is 1.80 bits per heavy atom. The summed E-state index contributed by atoms with van der Waals surface area (Å²) < 4.78 is 0. The third-order valence-electron chi connectivity index (χ3n) is 4.75. The molecule has 4 heteroatoms. The molecule has 1 fully saturated rings. The van der Waals surface area contributed by atoms with Crippen molar-refractivity contribution in [2.24, 2.45) is 5.92 Å². The van der Waals surface area contributed by atoms with Gasteiger partial charge in [-0.1, -0.05) is 38.1 Å². The Balaban J connectivity index is 1.67. The second-order valence-electron chi connectivity index (χ2n) is 6.47. The zero-order valence-corrected chi connectivity index (χ0v) is 14.8. The topological polar surface area (TPSA) is 49.4 Å². The highest BCUT2D eigenvalue weighted by molar-refractivity contribution is 6.03. The van der Waals surface area contributed by atoms with Crippen LogP contribution in [0.25, 0.3) is 0 Å². The van der Waals surface area contributed by atoms with Gasteiger partial charge in [0.25, 0.3) is 0 Å². The van der Waals surface area contributed by atoms with Crippen LogP contribution in [0.4, 0.5) is 11.4 Å². The summed E-state index contributed by atoms with van der Waals surface area (Å²) in [5, 5.41) is 2.95. The molecule has 1 saturated heterocycles. The molecule has 4 nitrogen and oxygen atoms in total. The standard InChI is InChI=1S/C21H24N2O2/c1-3-15-8-10-19(11-9-15)23-14-17(13-20(23)24)21(25)22-18-7-5-6-16(4-2)12-18/h5-12,17H,3-4,13-14H2,1-2H3,(H,22,25)/t17-/m0/s1. The summed E-state index contributed by atoms with van der Waals surface area (Å²) in [5.41, 5.74) is 4.08. The van der Waals surface area contributed by atoms with Crippen molar-refractivity contribution in [1.29, 1.82) is 0 Å². The number of nitrogens with one attached hydrogen (secondary N) is 1. The lowest BCUT2D eigenvalue weighted by Crippen LogP contribution is -2.28. The molecule has 0 spiro atoms. The van der Waals surface area contributed by atoms with Gasteiger partial charge in [-0.25, -0.2) is 0 Å². The van der Waals surface area contributed by atoms with E-state index in [1.807, 2.05) is 48.5 Å². The van der Waals surface area contributed by atoms with Gasteiger partial charge in [0, 0.05) is 24.3 Å². The van der Waals surface area contributed by atoms with Gasteiger partial charge in [-0.2, -0.15) is 0 Å². The molecule has 130 valence electrons. The molecule has 2 aromatic carbocycles. The maximum atomic E-state index is 12.5. The fraction of sp³-hybridized carbons (Fsp3) is 0.333. The first kappa shape index (κ1) is 17.2. The summed E-state index contributed by atoms with van der Waals surface area (Å²) in [5.74, 6) is -0.398. The minimum atomic E-state index is -0.316. The van der Waals surface area contributed by atoms with Crippen LogP contribution in [0.3, 0.4) is 0 Å². The van der Waals surface area contributed by atoms with Crippen LogP contribution in [0, 0.1) is 5.92 Å². The largest absolute Gasteiger partial charge is 0.326 e. The third-order valence-corrected chi connectivity index (χ3v) is 4.75. The quantitative estimate of drug-likeness (QED) is 0.903. The Morgan fingerprint density at radius 1 is 1.08 bits per heavy atom. The molecule has 3 rings (SSSR count). The van der Waals surface area contributed by atoms with E-state index in [0.717, 1.165) is 24.2 Å². The van der Waals surface area contributed by atoms with Gasteiger partial charge < -0.3 is 10.2 Å². The van der Waals surface area contributed by atoms with Gasteiger partial charge in [-0.05, 0) is 48.2 Å². The Kier molecular flexibility index (Phi) is 5.17. The van der Waals surface area contributed by atoms with Crippen LogP contribution in [0.2, 0.25) is 0 Å². The molecule has 25 heavy (non-hydrogen) atoms. The first-order valence-corrected chi connectivity index (χ1v) is 8.89. The minimum absolute atomic E-state index is 0.00621. The molecule has 0 radical (unpaired) electrons. The van der Waals surface area contributed by atoms with Gasteiger partial charge in [0.1, 0.15) is 0 Å². The molecule has 0 bridgehead atoms. The summed E-state index contributed by atoms with van der Waals surface area (Å²) in [6, 6.07) is 15.8. The molecule has 1 heterocycles. The van der Waals surface area contributed by atoms with Crippen molar-refractivity contribution < 1.29 is 9.59 Å². The molecule has 1 atom stereocenters. The van der Waals surface area contributed by atoms with Crippen LogP contribution in [-0.4, -0.2) is 18.4 Å². The maximum Gasteiger partial charge on any atom is 0.229 e. The molecule has 1 aliphatic heterocycles. The number of benzene rings is 2. The Hall–Kier alpha value is -2.62. The summed E-state index contributed by atoms with van der Waals surface area (Å²) >= 11 is 0. The Morgan fingerprint density at radius 3 is 2.48 bits per heavy atom. The van der Waals surface area contributed by atoms with Crippen LogP contribution < -0.4 is 10.2 Å². The molecule has 1 N–H and O–H groups in total. The molecule has 2 amide bonds. The number of hydrogen-bond donors (Lipinski definition) is 1. The van der Waals surface area contributed by atoms with Crippen molar-refractivity contribution >= 4 is 23.2 Å². The van der Waals surface area contributed by atoms with Crippen LogP contribution in [0.5, 0.6) is 0 Å². The van der Waals surface area contributed by atoms with Crippen molar-refractivity contribution in [2.75, 3.05) is 16.8 Å². The first-order chi connectivity index (χ1) is 12.1. The van der Waals surface area contributed by atoms with E-state index in [2.05, 4.69) is 19.2 Å². The van der Waals surface area contributed by atoms with Crippen molar-refractivity contribution in [3.63, 3.8) is 0 Å². The number of anilines is 2. The van der Waals surface area contributed by atoms with E-state index in [4.69, 9.17) is 0 Å². The lowest BCUT2D eigenvalue weighted by atomic mass is 10.1. The molecular formula is C21H24N2O2. The number of nitrogens with zero attached hydrogens (tertiary/aromatic N) is 1. The average molecular weight is 336 g/mol. The van der Waals surface area contributed by atoms with Crippen molar-refractivity contribution in [1.82, 2.24) is 0 Å². The molecule has 0 saturated carbocycles. The zero-order valence-electron chi connectivity index (χ0n) is 14.8. The van der Waals surface area contributed by atoms with E-state index in [0.29, 0.717) is 6.54 Å². The van der Waals surface area contributed by atoms with E-state index < -0.39 is 0 Å². The summed E-state index contributed by atoms with van der Waals surface area (Å²) in [4.78, 5) is 26.6. The second kappa shape index (κ2) is 7.51. The summed E-state index contributed by atoms with van der Waals surface area (Å²) in [7, 11) is 0. The lowest BCUT2D eigenvalue weighted by molar-refractivity contribution is -0.122. The third kappa shape index (κ3) is 3.90. The predicted octanol–water partition coefficient (Wildman–Crippen LogP) is 3.80. The fourth-order valence-electron chi connectivity index (χ4n) is 3.16. The molecule has 0 aliphatic carbocycles. The lowest BCUT2D eigenvalue weighted by Gasteiger charge is -2.17. The highest BCUT2D eigenvalue weighted by Crippen LogP contribution is 2.26. The molecule has 0 aromatic heterocycles. The van der Waals surface area contributed by atoms with Gasteiger partial charge in [0.2, 0.25) is 11.8 Å². The van der Waals surface area contributed by atoms with Gasteiger partial charge in [-0.15, -0.1) is 0 Å². The Labute approximate surface area is 148 Å². The first-order valence-electron chi connectivity index (χ1n) is 8.89. The van der Waals surface area contributed by atoms with E-state index in [1.54, 1.807) is 4.90 Å². The summed E-state index contributed by atoms with van der Waals surface area (Å²) in [6.07, 6.45) is 2.15. The second-order valence-corrected chi connectivity index (χ2v) is 6.47. The monoisotopic (exact) mass is 336 g/mol. The Bertz CT molecular complexity index is 768. The van der Waals surface area contributed by atoms with Crippen LogP contribution >= 0.6 is 0 Å². The number of amides is 2. The minimum Gasteiger partial charge on any atom is -0.326 e. The number of aryl methyl sites for hydroxylation is 2. The number of carbonyl (C=O) groups excluding carboxylic acids is 2. The van der Waals surface area contributed by atoms with Crippen LogP contribution in [-0.2, 0) is 22.4 Å². The van der Waals surface area contributed by atoms with E-state index in [1.165, 1.54) is 11.1 Å². The summed E-state index contributed by atoms with van der Waals surface area (Å²) in [6.45, 7) is 4.62. The van der Waals surface area contributed by atoms with Crippen molar-refractivity contribution in [2.45, 2.75) is 33.1 Å². The number of carbonyl (C=O) groups is 2. The van der Waals surface area contributed by atoms with Gasteiger partial charge >= 0.3 is 0 Å². The highest BCUT2D eigenvalue weighted by Gasteiger charge is 2.35. The zero-order chi connectivity index (χ0) is 17.8. The fourth-order valence-corrected chi connectivity index (χ4v) is 3.16. The smallest absolute Gasteiger partial charge is 0.229 e. The predicted molar refractivity (Wildman–Crippen MR) is 101 cm³/mol. The molecule has 2 aromatic rings. The van der Waals surface area contributed by atoms with Gasteiger partial charge in [0.15, 0.2) is 0 Å². The van der Waals surface area contributed by atoms with Crippen LogP contribution in [0.15, 0.2) is 48.5 Å². The number of rotatable bonds is 5. The molecule has 1 aliphatic rings.